The van der Waals surface area contributed by atoms with Gasteiger partial charge in [-0.3, -0.25) is 5.10 Å². The Labute approximate surface area is 109 Å². The van der Waals surface area contributed by atoms with E-state index in [1.165, 1.54) is 11.1 Å². The number of aromatic amines is 1. The lowest BCUT2D eigenvalue weighted by Crippen LogP contribution is -2.32. The van der Waals surface area contributed by atoms with Crippen LogP contribution in [-0.2, 0) is 12.0 Å². The smallest absolute Gasteiger partial charge is 0.0535 e. The van der Waals surface area contributed by atoms with Gasteiger partial charge in [0.15, 0.2) is 0 Å². The van der Waals surface area contributed by atoms with Gasteiger partial charge in [-0.25, -0.2) is 0 Å². The molecule has 0 unspecified atom stereocenters. The van der Waals surface area contributed by atoms with E-state index in [0.29, 0.717) is 0 Å². The van der Waals surface area contributed by atoms with Gasteiger partial charge < -0.3 is 5.32 Å². The van der Waals surface area contributed by atoms with Crippen molar-refractivity contribution in [2.24, 2.45) is 0 Å². The maximum Gasteiger partial charge on any atom is 0.0535 e. The SMILES string of the molecule is Cc1[nH]ncc1CNCC(C)(C)c1ccccc1. The molecule has 0 atom stereocenters. The summed E-state index contributed by atoms with van der Waals surface area (Å²) >= 11 is 0. The molecule has 2 rings (SSSR count). The molecule has 3 nitrogen and oxygen atoms in total. The highest BCUT2D eigenvalue weighted by Gasteiger charge is 2.19. The van der Waals surface area contributed by atoms with Crippen molar-refractivity contribution >= 4 is 0 Å². The molecule has 0 amide bonds. The lowest BCUT2D eigenvalue weighted by Gasteiger charge is -2.25. The number of hydrogen-bond acceptors (Lipinski definition) is 2. The van der Waals surface area contributed by atoms with E-state index in [2.05, 4.69) is 59.7 Å². The zero-order valence-electron chi connectivity index (χ0n) is 11.3. The molecule has 0 aliphatic heterocycles. The van der Waals surface area contributed by atoms with Gasteiger partial charge in [0.05, 0.1) is 6.20 Å². The normalized spacial score (nSPS) is 11.7. The molecule has 18 heavy (non-hydrogen) atoms. The second-order valence-corrected chi connectivity index (χ2v) is 5.37. The fourth-order valence-corrected chi connectivity index (χ4v) is 2.05. The van der Waals surface area contributed by atoms with Crippen molar-refractivity contribution in [1.82, 2.24) is 15.5 Å². The fraction of sp³-hybridized carbons (Fsp3) is 0.400. The molecule has 1 aromatic heterocycles. The minimum absolute atomic E-state index is 0.138. The van der Waals surface area contributed by atoms with Crippen molar-refractivity contribution in [3.05, 3.63) is 53.3 Å². The average molecular weight is 243 g/mol. The quantitative estimate of drug-likeness (QED) is 0.847. The fourth-order valence-electron chi connectivity index (χ4n) is 2.05. The molecule has 0 saturated carbocycles. The summed E-state index contributed by atoms with van der Waals surface area (Å²) in [5.74, 6) is 0. The van der Waals surface area contributed by atoms with Gasteiger partial charge in [0.25, 0.3) is 0 Å². The molecule has 96 valence electrons. The highest BCUT2D eigenvalue weighted by atomic mass is 15.1. The van der Waals surface area contributed by atoms with E-state index in [0.717, 1.165) is 18.8 Å². The third kappa shape index (κ3) is 2.99. The Kier molecular flexibility index (Phi) is 3.82. The van der Waals surface area contributed by atoms with Gasteiger partial charge in [0.1, 0.15) is 0 Å². The van der Waals surface area contributed by atoms with Gasteiger partial charge in [-0.05, 0) is 12.5 Å². The number of hydrogen-bond donors (Lipinski definition) is 2. The Morgan fingerprint density at radius 2 is 1.94 bits per heavy atom. The lowest BCUT2D eigenvalue weighted by atomic mass is 9.84. The first-order chi connectivity index (χ1) is 8.59. The van der Waals surface area contributed by atoms with Crippen molar-refractivity contribution in [2.45, 2.75) is 32.7 Å². The molecular weight excluding hydrogens is 222 g/mol. The number of rotatable bonds is 5. The van der Waals surface area contributed by atoms with Crippen LogP contribution in [0.5, 0.6) is 0 Å². The Balaban J connectivity index is 1.92. The molecule has 0 bridgehead atoms. The molecule has 2 N–H and O–H groups in total. The molecular formula is C15H21N3. The van der Waals surface area contributed by atoms with Crippen molar-refractivity contribution in [3.63, 3.8) is 0 Å². The maximum absolute atomic E-state index is 4.03. The Bertz CT molecular complexity index is 485. The van der Waals surface area contributed by atoms with Crippen LogP contribution in [0.1, 0.15) is 30.7 Å². The first-order valence-corrected chi connectivity index (χ1v) is 6.35. The van der Waals surface area contributed by atoms with Crippen molar-refractivity contribution in [1.29, 1.82) is 0 Å². The molecule has 0 fully saturated rings. The summed E-state index contributed by atoms with van der Waals surface area (Å²) in [5.41, 5.74) is 3.87. The van der Waals surface area contributed by atoms with Crippen LogP contribution in [0.4, 0.5) is 0 Å². The van der Waals surface area contributed by atoms with Crippen LogP contribution in [0.3, 0.4) is 0 Å². The Morgan fingerprint density at radius 1 is 1.22 bits per heavy atom. The largest absolute Gasteiger partial charge is 0.312 e. The Hall–Kier alpha value is -1.61. The van der Waals surface area contributed by atoms with E-state index in [4.69, 9.17) is 0 Å². The van der Waals surface area contributed by atoms with Gasteiger partial charge in [-0.2, -0.15) is 5.10 Å². The first-order valence-electron chi connectivity index (χ1n) is 6.35. The van der Waals surface area contributed by atoms with E-state index < -0.39 is 0 Å². The zero-order valence-corrected chi connectivity index (χ0v) is 11.3. The van der Waals surface area contributed by atoms with Gasteiger partial charge in [-0.15, -0.1) is 0 Å². The molecule has 0 radical (unpaired) electrons. The average Bonchev–Trinajstić information content (AvgIpc) is 2.76. The Morgan fingerprint density at radius 3 is 2.56 bits per heavy atom. The minimum atomic E-state index is 0.138. The maximum atomic E-state index is 4.03. The van der Waals surface area contributed by atoms with Crippen LogP contribution >= 0.6 is 0 Å². The summed E-state index contributed by atoms with van der Waals surface area (Å²) in [6.45, 7) is 8.38. The summed E-state index contributed by atoms with van der Waals surface area (Å²) in [4.78, 5) is 0. The van der Waals surface area contributed by atoms with E-state index in [1.54, 1.807) is 0 Å². The zero-order chi connectivity index (χ0) is 13.0. The van der Waals surface area contributed by atoms with Crippen LogP contribution in [0, 0.1) is 6.92 Å². The van der Waals surface area contributed by atoms with Crippen LogP contribution < -0.4 is 5.32 Å². The summed E-state index contributed by atoms with van der Waals surface area (Å²) in [6, 6.07) is 10.6. The van der Waals surface area contributed by atoms with E-state index in [1.807, 2.05) is 13.1 Å². The van der Waals surface area contributed by atoms with E-state index >= 15 is 0 Å². The summed E-state index contributed by atoms with van der Waals surface area (Å²) in [5, 5.41) is 10.5. The van der Waals surface area contributed by atoms with Gasteiger partial charge >= 0.3 is 0 Å². The van der Waals surface area contributed by atoms with E-state index in [9.17, 15) is 0 Å². The van der Waals surface area contributed by atoms with Crippen molar-refractivity contribution in [2.75, 3.05) is 6.54 Å². The summed E-state index contributed by atoms with van der Waals surface area (Å²) < 4.78 is 0. The number of benzene rings is 1. The predicted molar refractivity (Wildman–Crippen MR) is 74.5 cm³/mol. The number of aromatic nitrogens is 2. The van der Waals surface area contributed by atoms with Crippen molar-refractivity contribution in [3.8, 4) is 0 Å². The lowest BCUT2D eigenvalue weighted by molar-refractivity contribution is 0.468. The minimum Gasteiger partial charge on any atom is -0.312 e. The predicted octanol–water partition coefficient (Wildman–Crippen LogP) is 2.79. The molecule has 0 spiro atoms. The number of nitrogens with one attached hydrogen (secondary N) is 2. The molecule has 2 aromatic rings. The summed E-state index contributed by atoms with van der Waals surface area (Å²) in [7, 11) is 0. The van der Waals surface area contributed by atoms with Crippen LogP contribution in [0.2, 0.25) is 0 Å². The second kappa shape index (κ2) is 5.36. The number of nitrogens with zero attached hydrogens (tertiary/aromatic N) is 1. The van der Waals surface area contributed by atoms with E-state index in [-0.39, 0.29) is 5.41 Å². The molecule has 0 saturated heterocycles. The van der Waals surface area contributed by atoms with Crippen molar-refractivity contribution < 1.29 is 0 Å². The van der Waals surface area contributed by atoms with Crippen LogP contribution in [0.15, 0.2) is 36.5 Å². The van der Waals surface area contributed by atoms with Crippen LogP contribution in [-0.4, -0.2) is 16.7 Å². The third-order valence-electron chi connectivity index (χ3n) is 3.37. The third-order valence-corrected chi connectivity index (χ3v) is 3.37. The van der Waals surface area contributed by atoms with Gasteiger partial charge in [0.2, 0.25) is 0 Å². The molecule has 0 aliphatic carbocycles. The molecule has 0 aliphatic rings. The summed E-state index contributed by atoms with van der Waals surface area (Å²) in [6.07, 6.45) is 1.89. The first kappa shape index (κ1) is 12.8. The standard InChI is InChI=1S/C15H21N3/c1-12-13(10-17-18-12)9-16-11-15(2,3)14-7-5-4-6-8-14/h4-8,10,16H,9,11H2,1-3H3,(H,17,18). The number of aryl methyl sites for hydroxylation is 1. The molecule has 1 aromatic carbocycles. The molecule has 3 heteroatoms. The van der Waals surface area contributed by atoms with Gasteiger partial charge in [-0.1, -0.05) is 44.2 Å². The monoisotopic (exact) mass is 243 g/mol. The number of H-pyrrole nitrogens is 1. The second-order valence-electron chi connectivity index (χ2n) is 5.37. The van der Waals surface area contributed by atoms with Gasteiger partial charge in [0, 0.05) is 29.8 Å². The molecule has 1 heterocycles. The highest BCUT2D eigenvalue weighted by molar-refractivity contribution is 5.24. The highest BCUT2D eigenvalue weighted by Crippen LogP contribution is 2.21. The topological polar surface area (TPSA) is 40.7 Å². The van der Waals surface area contributed by atoms with Crippen LogP contribution in [0.25, 0.3) is 0 Å².